The van der Waals surface area contributed by atoms with Crippen molar-refractivity contribution in [2.75, 3.05) is 46.3 Å². The molecule has 5 heteroatoms. The standard InChI is InChI=1S/C18H26FN3O/c1-15(23)21-9-7-18(8-10-21,16-3-5-17(19)6-4-16)22-13-11-20(2)12-14-22/h3-6H,7-14H2,1-2H3. The summed E-state index contributed by atoms with van der Waals surface area (Å²) in [5, 5.41) is 0. The third-order valence-electron chi connectivity index (χ3n) is 5.53. The summed E-state index contributed by atoms with van der Waals surface area (Å²) in [5.74, 6) is -0.0421. The highest BCUT2D eigenvalue weighted by molar-refractivity contribution is 5.73. The number of benzene rings is 1. The molecule has 0 radical (unpaired) electrons. The largest absolute Gasteiger partial charge is 0.343 e. The van der Waals surface area contributed by atoms with E-state index in [1.165, 1.54) is 5.56 Å². The lowest BCUT2D eigenvalue weighted by Gasteiger charge is -2.51. The van der Waals surface area contributed by atoms with E-state index in [-0.39, 0.29) is 17.3 Å². The first-order valence-electron chi connectivity index (χ1n) is 8.46. The van der Waals surface area contributed by atoms with Crippen LogP contribution < -0.4 is 0 Å². The summed E-state index contributed by atoms with van der Waals surface area (Å²) in [7, 11) is 2.15. The van der Waals surface area contributed by atoms with Gasteiger partial charge in [-0.05, 0) is 37.6 Å². The van der Waals surface area contributed by atoms with Gasteiger partial charge in [-0.15, -0.1) is 0 Å². The summed E-state index contributed by atoms with van der Waals surface area (Å²) in [4.78, 5) is 18.5. The van der Waals surface area contributed by atoms with Crippen molar-refractivity contribution in [1.29, 1.82) is 0 Å². The summed E-state index contributed by atoms with van der Waals surface area (Å²) in [5.41, 5.74) is 1.12. The van der Waals surface area contributed by atoms with Crippen molar-refractivity contribution in [2.24, 2.45) is 0 Å². The number of likely N-dealkylation sites (tertiary alicyclic amines) is 1. The van der Waals surface area contributed by atoms with Gasteiger partial charge in [0.2, 0.25) is 5.91 Å². The molecule has 0 spiro atoms. The van der Waals surface area contributed by atoms with Crippen LogP contribution in [0.15, 0.2) is 24.3 Å². The Hall–Kier alpha value is -1.46. The van der Waals surface area contributed by atoms with E-state index in [0.717, 1.165) is 52.1 Å². The molecular weight excluding hydrogens is 293 g/mol. The molecule has 126 valence electrons. The molecule has 2 aliphatic rings. The minimum absolute atomic E-state index is 0.0685. The number of nitrogens with zero attached hydrogens (tertiary/aromatic N) is 3. The lowest BCUT2D eigenvalue weighted by atomic mass is 9.78. The second-order valence-electron chi connectivity index (χ2n) is 6.83. The van der Waals surface area contributed by atoms with E-state index in [1.807, 2.05) is 17.0 Å². The van der Waals surface area contributed by atoms with Crippen molar-refractivity contribution in [1.82, 2.24) is 14.7 Å². The molecule has 0 saturated carbocycles. The fraction of sp³-hybridized carbons (Fsp3) is 0.611. The van der Waals surface area contributed by atoms with Gasteiger partial charge in [0.25, 0.3) is 0 Å². The van der Waals surface area contributed by atoms with Gasteiger partial charge in [0.15, 0.2) is 0 Å². The Morgan fingerprint density at radius 3 is 2.09 bits per heavy atom. The topological polar surface area (TPSA) is 26.8 Å². The maximum Gasteiger partial charge on any atom is 0.219 e. The highest BCUT2D eigenvalue weighted by Crippen LogP contribution is 2.39. The monoisotopic (exact) mass is 319 g/mol. The number of piperazine rings is 1. The Morgan fingerprint density at radius 1 is 1.00 bits per heavy atom. The van der Waals surface area contributed by atoms with Crippen LogP contribution in [0.2, 0.25) is 0 Å². The van der Waals surface area contributed by atoms with Crippen LogP contribution in [-0.4, -0.2) is 66.9 Å². The third-order valence-corrected chi connectivity index (χ3v) is 5.53. The predicted molar refractivity (Wildman–Crippen MR) is 88.6 cm³/mol. The Bertz CT molecular complexity index is 544. The Morgan fingerprint density at radius 2 is 1.57 bits per heavy atom. The van der Waals surface area contributed by atoms with Crippen molar-refractivity contribution in [3.8, 4) is 0 Å². The fourth-order valence-corrected chi connectivity index (χ4v) is 3.97. The first kappa shape index (κ1) is 16.4. The minimum atomic E-state index is -0.191. The number of carbonyl (C=O) groups is 1. The molecule has 4 nitrogen and oxygen atoms in total. The van der Waals surface area contributed by atoms with Crippen LogP contribution >= 0.6 is 0 Å². The molecule has 23 heavy (non-hydrogen) atoms. The van der Waals surface area contributed by atoms with Gasteiger partial charge in [-0.25, -0.2) is 4.39 Å². The van der Waals surface area contributed by atoms with Crippen molar-refractivity contribution in [2.45, 2.75) is 25.3 Å². The van der Waals surface area contributed by atoms with Gasteiger partial charge in [0.1, 0.15) is 5.82 Å². The van der Waals surface area contributed by atoms with E-state index in [0.29, 0.717) is 0 Å². The molecular formula is C18H26FN3O. The van der Waals surface area contributed by atoms with E-state index in [4.69, 9.17) is 0 Å². The van der Waals surface area contributed by atoms with Crippen LogP contribution in [0.3, 0.4) is 0 Å². The second-order valence-corrected chi connectivity index (χ2v) is 6.83. The molecule has 2 heterocycles. The molecule has 0 aromatic heterocycles. The van der Waals surface area contributed by atoms with Crippen LogP contribution in [0.25, 0.3) is 0 Å². The summed E-state index contributed by atoms with van der Waals surface area (Å²) in [6.07, 6.45) is 1.84. The third kappa shape index (κ3) is 3.26. The highest BCUT2D eigenvalue weighted by atomic mass is 19.1. The van der Waals surface area contributed by atoms with Gasteiger partial charge in [-0.1, -0.05) is 12.1 Å². The van der Waals surface area contributed by atoms with Gasteiger partial charge < -0.3 is 9.80 Å². The molecule has 2 saturated heterocycles. The number of carbonyl (C=O) groups excluding carboxylic acids is 1. The normalized spacial score (nSPS) is 23.0. The predicted octanol–water partition coefficient (Wildman–Crippen LogP) is 1.91. The van der Waals surface area contributed by atoms with Crippen LogP contribution in [0.4, 0.5) is 4.39 Å². The summed E-state index contributed by atoms with van der Waals surface area (Å²) in [6.45, 7) is 7.35. The average Bonchev–Trinajstić information content (AvgIpc) is 2.56. The van der Waals surface area contributed by atoms with Gasteiger partial charge >= 0.3 is 0 Å². The first-order chi connectivity index (χ1) is 11.0. The van der Waals surface area contributed by atoms with Crippen LogP contribution in [0.1, 0.15) is 25.3 Å². The van der Waals surface area contributed by atoms with Gasteiger partial charge in [0, 0.05) is 51.7 Å². The van der Waals surface area contributed by atoms with Crippen molar-refractivity contribution >= 4 is 5.91 Å². The fourth-order valence-electron chi connectivity index (χ4n) is 3.97. The van der Waals surface area contributed by atoms with E-state index < -0.39 is 0 Å². The number of halogens is 1. The summed E-state index contributed by atoms with van der Waals surface area (Å²) >= 11 is 0. The number of piperidine rings is 1. The van der Waals surface area contributed by atoms with E-state index in [2.05, 4.69) is 16.8 Å². The quantitative estimate of drug-likeness (QED) is 0.833. The maximum atomic E-state index is 13.4. The maximum absolute atomic E-state index is 13.4. The van der Waals surface area contributed by atoms with Crippen molar-refractivity contribution in [3.63, 3.8) is 0 Å². The van der Waals surface area contributed by atoms with Crippen molar-refractivity contribution in [3.05, 3.63) is 35.6 Å². The van der Waals surface area contributed by atoms with E-state index in [1.54, 1.807) is 19.1 Å². The molecule has 2 aliphatic heterocycles. The van der Waals surface area contributed by atoms with Gasteiger partial charge in [-0.2, -0.15) is 0 Å². The molecule has 0 atom stereocenters. The van der Waals surface area contributed by atoms with E-state index >= 15 is 0 Å². The smallest absolute Gasteiger partial charge is 0.219 e. The molecule has 0 aliphatic carbocycles. The Labute approximate surface area is 137 Å². The second kappa shape index (κ2) is 6.57. The SMILES string of the molecule is CC(=O)N1CCC(c2ccc(F)cc2)(N2CCN(C)CC2)CC1. The molecule has 1 amide bonds. The zero-order valence-corrected chi connectivity index (χ0v) is 14.1. The number of amides is 1. The summed E-state index contributed by atoms with van der Waals surface area (Å²) < 4.78 is 13.4. The molecule has 0 bridgehead atoms. The van der Waals surface area contributed by atoms with Crippen LogP contribution in [0.5, 0.6) is 0 Å². The highest BCUT2D eigenvalue weighted by Gasteiger charge is 2.42. The minimum Gasteiger partial charge on any atom is -0.343 e. The van der Waals surface area contributed by atoms with Gasteiger partial charge in [-0.3, -0.25) is 9.69 Å². The molecule has 3 rings (SSSR count). The number of rotatable bonds is 2. The average molecular weight is 319 g/mol. The molecule has 1 aromatic rings. The van der Waals surface area contributed by atoms with E-state index in [9.17, 15) is 9.18 Å². The van der Waals surface area contributed by atoms with Gasteiger partial charge in [0.05, 0.1) is 0 Å². The van der Waals surface area contributed by atoms with Crippen molar-refractivity contribution < 1.29 is 9.18 Å². The molecule has 0 unspecified atom stereocenters. The summed E-state index contributed by atoms with van der Waals surface area (Å²) in [6, 6.07) is 6.98. The zero-order valence-electron chi connectivity index (χ0n) is 14.1. The molecule has 2 fully saturated rings. The lowest BCUT2D eigenvalue weighted by molar-refractivity contribution is -0.132. The Kier molecular flexibility index (Phi) is 4.69. The van der Waals surface area contributed by atoms with Crippen LogP contribution in [-0.2, 0) is 10.3 Å². The van der Waals surface area contributed by atoms with Crippen LogP contribution in [0, 0.1) is 5.82 Å². The number of hydrogen-bond donors (Lipinski definition) is 0. The Balaban J connectivity index is 1.87. The molecule has 0 N–H and O–H groups in total. The number of likely N-dealkylation sites (N-methyl/N-ethyl adjacent to an activating group) is 1. The zero-order chi connectivity index (χ0) is 16.4. The molecule has 1 aromatic carbocycles. The first-order valence-corrected chi connectivity index (χ1v) is 8.46. The number of hydrogen-bond acceptors (Lipinski definition) is 3. The lowest BCUT2D eigenvalue weighted by Crippen LogP contribution is -2.58.